The molecule has 6 nitrogen and oxygen atoms in total. The number of ether oxygens (including phenoxy) is 1. The molecule has 1 aliphatic heterocycles. The first kappa shape index (κ1) is 15.8. The third-order valence-electron chi connectivity index (χ3n) is 4.43. The maximum atomic E-state index is 12.3. The average molecular weight is 337 g/mol. The Bertz CT molecular complexity index is 896. The summed E-state index contributed by atoms with van der Waals surface area (Å²) in [5.74, 6) is 0.480. The van der Waals surface area contributed by atoms with Crippen LogP contribution in [0.4, 0.5) is 0 Å². The molecule has 1 unspecified atom stereocenters. The van der Waals surface area contributed by atoms with Crippen LogP contribution in [0.15, 0.2) is 42.5 Å². The lowest BCUT2D eigenvalue weighted by Gasteiger charge is -2.11. The number of nitrogens with one attached hydrogen (secondary N) is 2. The molecule has 3 aromatic rings. The Morgan fingerprint density at radius 1 is 1.24 bits per heavy atom. The Balaban J connectivity index is 1.53. The van der Waals surface area contributed by atoms with Crippen LogP contribution in [-0.4, -0.2) is 40.2 Å². The molecule has 1 fully saturated rings. The second kappa shape index (κ2) is 6.66. The van der Waals surface area contributed by atoms with Crippen molar-refractivity contribution in [1.82, 2.24) is 15.3 Å². The Labute approximate surface area is 144 Å². The molecule has 3 N–H and O–H groups in total. The van der Waals surface area contributed by atoms with Gasteiger partial charge in [-0.15, -0.1) is 0 Å². The molecule has 25 heavy (non-hydrogen) atoms. The van der Waals surface area contributed by atoms with Gasteiger partial charge in [-0.25, -0.2) is 4.98 Å². The van der Waals surface area contributed by atoms with E-state index >= 15 is 0 Å². The van der Waals surface area contributed by atoms with Gasteiger partial charge in [-0.1, -0.05) is 18.2 Å². The van der Waals surface area contributed by atoms with Crippen LogP contribution in [-0.2, 0) is 11.3 Å². The van der Waals surface area contributed by atoms with Crippen molar-refractivity contribution in [3.05, 3.63) is 53.9 Å². The molecule has 4 rings (SSSR count). The summed E-state index contributed by atoms with van der Waals surface area (Å²) in [5.41, 5.74) is 4.38. The highest BCUT2D eigenvalue weighted by atomic mass is 16.5. The van der Waals surface area contributed by atoms with Gasteiger partial charge in [-0.2, -0.15) is 0 Å². The number of hydrogen-bond donors (Lipinski definition) is 3. The molecule has 6 heteroatoms. The van der Waals surface area contributed by atoms with Crippen molar-refractivity contribution in [1.29, 1.82) is 0 Å². The van der Waals surface area contributed by atoms with Crippen LogP contribution in [0.25, 0.3) is 22.2 Å². The van der Waals surface area contributed by atoms with Gasteiger partial charge in [0.2, 0.25) is 0 Å². The molecule has 0 spiro atoms. The van der Waals surface area contributed by atoms with Gasteiger partial charge in [0.05, 0.1) is 23.7 Å². The Kier molecular flexibility index (Phi) is 4.21. The first-order valence-electron chi connectivity index (χ1n) is 8.31. The molecule has 2 aromatic carbocycles. The Morgan fingerprint density at radius 2 is 2.04 bits per heavy atom. The molecule has 2 heterocycles. The first-order chi connectivity index (χ1) is 12.2. The summed E-state index contributed by atoms with van der Waals surface area (Å²) in [4.78, 5) is 19.6. The zero-order valence-corrected chi connectivity index (χ0v) is 13.7. The number of aliphatic hydroxyl groups is 1. The molecule has 0 radical (unpaired) electrons. The number of H-pyrrole nitrogens is 1. The number of carbonyl (C=O) groups excluding carboxylic acids is 1. The van der Waals surface area contributed by atoms with Crippen molar-refractivity contribution in [2.75, 3.05) is 13.2 Å². The summed E-state index contributed by atoms with van der Waals surface area (Å²) >= 11 is 0. The molecule has 1 aromatic heterocycles. The van der Waals surface area contributed by atoms with Crippen molar-refractivity contribution in [2.24, 2.45) is 0 Å². The fourth-order valence-electron chi connectivity index (χ4n) is 3.05. The number of rotatable bonds is 4. The highest BCUT2D eigenvalue weighted by Gasteiger charge is 2.18. The van der Waals surface area contributed by atoms with E-state index in [1.54, 1.807) is 0 Å². The van der Waals surface area contributed by atoms with Crippen LogP contribution < -0.4 is 5.32 Å². The van der Waals surface area contributed by atoms with E-state index in [9.17, 15) is 9.90 Å². The number of hydrogen-bond acceptors (Lipinski definition) is 4. The van der Waals surface area contributed by atoms with Crippen LogP contribution >= 0.6 is 0 Å². The van der Waals surface area contributed by atoms with Gasteiger partial charge in [0.25, 0.3) is 5.91 Å². The minimum atomic E-state index is -0.111. The van der Waals surface area contributed by atoms with E-state index in [-0.39, 0.29) is 18.6 Å². The van der Waals surface area contributed by atoms with E-state index in [1.165, 1.54) is 0 Å². The van der Waals surface area contributed by atoms with E-state index in [2.05, 4.69) is 15.3 Å². The number of nitrogens with zero attached hydrogens (tertiary/aromatic N) is 1. The monoisotopic (exact) mass is 337 g/mol. The standard InChI is InChI=1S/C19H19N3O3/c23-10-18-21-16-6-5-14(9-17(16)22-18)12-1-3-13(4-2-12)19(24)20-15-7-8-25-11-15/h1-6,9,15,23H,7-8,10-11H2,(H,20,24)(H,21,22). The SMILES string of the molecule is O=C(NC1CCOC1)c1ccc(-c2ccc3nc(CO)[nH]c3c2)cc1. The van der Waals surface area contributed by atoms with Gasteiger partial charge in [0.15, 0.2) is 0 Å². The second-order valence-corrected chi connectivity index (χ2v) is 6.18. The maximum absolute atomic E-state index is 12.3. The van der Waals surface area contributed by atoms with Crippen molar-refractivity contribution >= 4 is 16.9 Å². The second-order valence-electron chi connectivity index (χ2n) is 6.18. The molecule has 0 saturated carbocycles. The predicted octanol–water partition coefficient (Wildman–Crippen LogP) is 2.24. The minimum Gasteiger partial charge on any atom is -0.388 e. The number of aromatic nitrogens is 2. The smallest absolute Gasteiger partial charge is 0.251 e. The highest BCUT2D eigenvalue weighted by Crippen LogP contribution is 2.24. The van der Waals surface area contributed by atoms with Gasteiger partial charge in [-0.05, 0) is 41.8 Å². The zero-order valence-electron chi connectivity index (χ0n) is 13.7. The molecule has 1 amide bonds. The van der Waals surface area contributed by atoms with E-state index < -0.39 is 0 Å². The summed E-state index contributed by atoms with van der Waals surface area (Å²) in [6.45, 7) is 1.18. The topological polar surface area (TPSA) is 87.2 Å². The lowest BCUT2D eigenvalue weighted by molar-refractivity contribution is 0.0930. The number of imidazole rings is 1. The molecule has 1 atom stereocenters. The number of aliphatic hydroxyl groups excluding tert-OH is 1. The lowest BCUT2D eigenvalue weighted by Crippen LogP contribution is -2.34. The summed E-state index contributed by atoms with van der Waals surface area (Å²) in [6, 6.07) is 13.5. The van der Waals surface area contributed by atoms with Crippen LogP contribution in [0.2, 0.25) is 0 Å². The molecular weight excluding hydrogens is 318 g/mol. The summed E-state index contributed by atoms with van der Waals surface area (Å²) < 4.78 is 5.28. The van der Waals surface area contributed by atoms with E-state index in [0.29, 0.717) is 24.6 Å². The van der Waals surface area contributed by atoms with E-state index in [4.69, 9.17) is 4.74 Å². The van der Waals surface area contributed by atoms with Crippen LogP contribution in [0.1, 0.15) is 22.6 Å². The van der Waals surface area contributed by atoms with Gasteiger partial charge in [0.1, 0.15) is 12.4 Å². The van der Waals surface area contributed by atoms with E-state index in [0.717, 1.165) is 28.6 Å². The molecule has 128 valence electrons. The Morgan fingerprint density at radius 3 is 2.76 bits per heavy atom. The third kappa shape index (κ3) is 3.26. The number of carbonyl (C=O) groups is 1. The zero-order chi connectivity index (χ0) is 17.2. The largest absolute Gasteiger partial charge is 0.388 e. The van der Waals surface area contributed by atoms with Gasteiger partial charge in [-0.3, -0.25) is 4.79 Å². The van der Waals surface area contributed by atoms with Crippen molar-refractivity contribution in [3.63, 3.8) is 0 Å². The highest BCUT2D eigenvalue weighted by molar-refractivity contribution is 5.95. The van der Waals surface area contributed by atoms with Crippen molar-refractivity contribution in [3.8, 4) is 11.1 Å². The first-order valence-corrected chi connectivity index (χ1v) is 8.31. The summed E-state index contributed by atoms with van der Waals surface area (Å²) in [6.07, 6.45) is 0.865. The van der Waals surface area contributed by atoms with Crippen LogP contribution in [0.3, 0.4) is 0 Å². The third-order valence-corrected chi connectivity index (χ3v) is 4.43. The van der Waals surface area contributed by atoms with E-state index in [1.807, 2.05) is 42.5 Å². The molecule has 0 aliphatic carbocycles. The van der Waals surface area contributed by atoms with Gasteiger partial charge >= 0.3 is 0 Å². The molecular formula is C19H19N3O3. The summed E-state index contributed by atoms with van der Waals surface area (Å²) in [7, 11) is 0. The molecule has 1 aliphatic rings. The predicted molar refractivity (Wildman–Crippen MR) is 94.1 cm³/mol. The lowest BCUT2D eigenvalue weighted by atomic mass is 10.0. The normalized spacial score (nSPS) is 17.1. The fraction of sp³-hybridized carbons (Fsp3) is 0.263. The average Bonchev–Trinajstić information content (AvgIpc) is 3.30. The van der Waals surface area contributed by atoms with Crippen LogP contribution in [0, 0.1) is 0 Å². The number of aromatic amines is 1. The maximum Gasteiger partial charge on any atom is 0.251 e. The molecule has 0 bridgehead atoms. The number of amides is 1. The van der Waals surface area contributed by atoms with Crippen molar-refractivity contribution < 1.29 is 14.6 Å². The van der Waals surface area contributed by atoms with Crippen LogP contribution in [0.5, 0.6) is 0 Å². The minimum absolute atomic E-state index is 0.0707. The van der Waals surface area contributed by atoms with Gasteiger partial charge < -0.3 is 20.1 Å². The quantitative estimate of drug-likeness (QED) is 0.681. The van der Waals surface area contributed by atoms with Crippen molar-refractivity contribution in [2.45, 2.75) is 19.1 Å². The fourth-order valence-corrected chi connectivity index (χ4v) is 3.05. The number of benzene rings is 2. The molecule has 1 saturated heterocycles. The number of fused-ring (bicyclic) bond motifs is 1. The summed E-state index contributed by atoms with van der Waals surface area (Å²) in [5, 5.41) is 12.2. The van der Waals surface area contributed by atoms with Gasteiger partial charge in [0, 0.05) is 12.2 Å². The Hall–Kier alpha value is -2.70.